The second-order valence-corrected chi connectivity index (χ2v) is 3.19. The van der Waals surface area contributed by atoms with Gasteiger partial charge in [0.25, 0.3) is 0 Å². The molecule has 2 nitrogen and oxygen atoms in total. The molecule has 1 saturated carbocycles. The summed E-state index contributed by atoms with van der Waals surface area (Å²) in [4.78, 5) is 0. The molecule has 1 aliphatic carbocycles. The van der Waals surface area contributed by atoms with Crippen molar-refractivity contribution in [3.63, 3.8) is 0 Å². The molecule has 3 heteroatoms. The van der Waals surface area contributed by atoms with E-state index < -0.39 is 0 Å². The van der Waals surface area contributed by atoms with E-state index in [0.717, 1.165) is 31.4 Å². The lowest BCUT2D eigenvalue weighted by atomic mass is 10.2. The van der Waals surface area contributed by atoms with Crippen molar-refractivity contribution in [3.8, 4) is 0 Å². The number of hydrogen-bond acceptors (Lipinski definition) is 2. The molecule has 0 spiro atoms. The molecule has 0 amide bonds. The van der Waals surface area contributed by atoms with Crippen molar-refractivity contribution in [2.75, 3.05) is 0 Å². The first-order valence-electron chi connectivity index (χ1n) is 3.69. The number of rotatable bonds is 0. The zero-order chi connectivity index (χ0) is 7.40. The summed E-state index contributed by atoms with van der Waals surface area (Å²) < 4.78 is 0. The van der Waals surface area contributed by atoms with Crippen molar-refractivity contribution in [3.05, 3.63) is 0 Å². The minimum atomic E-state index is -0.0208. The summed E-state index contributed by atoms with van der Waals surface area (Å²) in [5.41, 5.74) is 0.763. The Labute approximate surface area is 65.9 Å². The third-order valence-corrected chi connectivity index (χ3v) is 2.35. The van der Waals surface area contributed by atoms with Gasteiger partial charge in [0, 0.05) is 0 Å². The van der Waals surface area contributed by atoms with Gasteiger partial charge in [0.05, 0.1) is 11.1 Å². The van der Waals surface area contributed by atoms with Crippen LogP contribution < -0.4 is 0 Å². The standard InChI is InChI=1S/C7H12ClNO/c8-6-4-2-1-3-5-7(6)9-10/h6,10H,1-5H2/b9-7-. The summed E-state index contributed by atoms with van der Waals surface area (Å²) in [6.45, 7) is 0. The van der Waals surface area contributed by atoms with Crippen LogP contribution in [0.2, 0.25) is 0 Å². The molecule has 1 unspecified atom stereocenters. The van der Waals surface area contributed by atoms with Gasteiger partial charge in [-0.25, -0.2) is 0 Å². The van der Waals surface area contributed by atoms with E-state index in [0.29, 0.717) is 0 Å². The van der Waals surface area contributed by atoms with E-state index in [1.807, 2.05) is 0 Å². The summed E-state index contributed by atoms with van der Waals surface area (Å²) >= 11 is 5.90. The smallest absolute Gasteiger partial charge is 0.0751 e. The van der Waals surface area contributed by atoms with Gasteiger partial charge in [0.1, 0.15) is 0 Å². The Morgan fingerprint density at radius 1 is 1.40 bits per heavy atom. The Kier molecular flexibility index (Phi) is 3.00. The molecule has 0 aliphatic heterocycles. The molecule has 1 atom stereocenters. The van der Waals surface area contributed by atoms with Crippen LogP contribution in [0.1, 0.15) is 32.1 Å². The molecule has 0 saturated heterocycles. The van der Waals surface area contributed by atoms with Gasteiger partial charge >= 0.3 is 0 Å². The predicted molar refractivity (Wildman–Crippen MR) is 41.9 cm³/mol. The van der Waals surface area contributed by atoms with Crippen molar-refractivity contribution < 1.29 is 5.21 Å². The summed E-state index contributed by atoms with van der Waals surface area (Å²) in [5, 5.41) is 11.6. The summed E-state index contributed by atoms with van der Waals surface area (Å²) in [6, 6.07) is 0. The fourth-order valence-corrected chi connectivity index (χ4v) is 1.55. The normalized spacial score (nSPS) is 32.1. The molecule has 1 rings (SSSR count). The monoisotopic (exact) mass is 161 g/mol. The Balaban J connectivity index is 2.52. The van der Waals surface area contributed by atoms with Crippen LogP contribution in [0.15, 0.2) is 5.16 Å². The maximum atomic E-state index is 8.49. The fourth-order valence-electron chi connectivity index (χ4n) is 1.24. The molecule has 0 aromatic heterocycles. The van der Waals surface area contributed by atoms with Crippen LogP contribution in [0.4, 0.5) is 0 Å². The fraction of sp³-hybridized carbons (Fsp3) is 0.857. The zero-order valence-corrected chi connectivity index (χ0v) is 6.64. The van der Waals surface area contributed by atoms with Gasteiger partial charge in [0.15, 0.2) is 0 Å². The molecule has 58 valence electrons. The van der Waals surface area contributed by atoms with Crippen LogP contribution in [0.5, 0.6) is 0 Å². The van der Waals surface area contributed by atoms with E-state index in [9.17, 15) is 0 Å². The minimum Gasteiger partial charge on any atom is -0.411 e. The van der Waals surface area contributed by atoms with E-state index in [1.54, 1.807) is 0 Å². The SMILES string of the molecule is O/N=C1/CCCCCC1Cl. The molecular weight excluding hydrogens is 150 g/mol. The highest BCUT2D eigenvalue weighted by atomic mass is 35.5. The lowest BCUT2D eigenvalue weighted by Gasteiger charge is -2.04. The molecule has 10 heavy (non-hydrogen) atoms. The average Bonchev–Trinajstić information content (AvgIpc) is 2.13. The molecule has 0 heterocycles. The van der Waals surface area contributed by atoms with E-state index in [1.165, 1.54) is 6.42 Å². The van der Waals surface area contributed by atoms with Crippen LogP contribution in [-0.2, 0) is 0 Å². The average molecular weight is 162 g/mol. The summed E-state index contributed by atoms with van der Waals surface area (Å²) in [5.74, 6) is 0. The number of alkyl halides is 1. The van der Waals surface area contributed by atoms with E-state index in [-0.39, 0.29) is 5.38 Å². The molecule has 0 aromatic rings. The van der Waals surface area contributed by atoms with E-state index >= 15 is 0 Å². The van der Waals surface area contributed by atoms with Gasteiger partial charge in [-0.05, 0) is 19.3 Å². The quantitative estimate of drug-likeness (QED) is 0.252. The van der Waals surface area contributed by atoms with E-state index in [2.05, 4.69) is 5.16 Å². The first-order chi connectivity index (χ1) is 4.84. The second kappa shape index (κ2) is 3.81. The number of oxime groups is 1. The van der Waals surface area contributed by atoms with Gasteiger partial charge in [-0.3, -0.25) is 0 Å². The number of nitrogens with zero attached hydrogens (tertiary/aromatic N) is 1. The van der Waals surface area contributed by atoms with Crippen molar-refractivity contribution in [1.29, 1.82) is 0 Å². The third-order valence-electron chi connectivity index (χ3n) is 1.88. The minimum absolute atomic E-state index is 0.0208. The van der Waals surface area contributed by atoms with Gasteiger partial charge in [-0.15, -0.1) is 11.6 Å². The van der Waals surface area contributed by atoms with Crippen LogP contribution in [0.3, 0.4) is 0 Å². The van der Waals surface area contributed by atoms with Crippen molar-refractivity contribution in [2.24, 2.45) is 5.16 Å². The lowest BCUT2D eigenvalue weighted by Crippen LogP contribution is -2.11. The van der Waals surface area contributed by atoms with Gasteiger partial charge in [-0.1, -0.05) is 18.0 Å². The molecule has 1 fully saturated rings. The Morgan fingerprint density at radius 2 is 2.20 bits per heavy atom. The highest BCUT2D eigenvalue weighted by Crippen LogP contribution is 2.19. The van der Waals surface area contributed by atoms with Gasteiger partial charge < -0.3 is 5.21 Å². The highest BCUT2D eigenvalue weighted by Gasteiger charge is 2.16. The Hall–Kier alpha value is -0.240. The maximum Gasteiger partial charge on any atom is 0.0751 e. The van der Waals surface area contributed by atoms with Crippen molar-refractivity contribution in [1.82, 2.24) is 0 Å². The van der Waals surface area contributed by atoms with Crippen LogP contribution in [0.25, 0.3) is 0 Å². The Bertz CT molecular complexity index is 136. The van der Waals surface area contributed by atoms with Crippen molar-refractivity contribution >= 4 is 17.3 Å². The summed E-state index contributed by atoms with van der Waals surface area (Å²) in [7, 11) is 0. The molecular formula is C7H12ClNO. The molecule has 1 N–H and O–H groups in total. The predicted octanol–water partition coefficient (Wildman–Crippen LogP) is 2.39. The highest BCUT2D eigenvalue weighted by molar-refractivity contribution is 6.32. The maximum absolute atomic E-state index is 8.49. The first kappa shape index (κ1) is 7.86. The third kappa shape index (κ3) is 1.87. The van der Waals surface area contributed by atoms with Crippen LogP contribution in [-0.4, -0.2) is 16.3 Å². The molecule has 0 radical (unpaired) electrons. The summed E-state index contributed by atoms with van der Waals surface area (Å²) in [6.07, 6.45) is 5.31. The molecule has 0 bridgehead atoms. The number of hydrogen-bond donors (Lipinski definition) is 1. The zero-order valence-electron chi connectivity index (χ0n) is 5.89. The Morgan fingerprint density at radius 3 is 2.90 bits per heavy atom. The van der Waals surface area contributed by atoms with E-state index in [4.69, 9.17) is 16.8 Å². The van der Waals surface area contributed by atoms with Crippen molar-refractivity contribution in [2.45, 2.75) is 37.5 Å². The topological polar surface area (TPSA) is 32.6 Å². The largest absolute Gasteiger partial charge is 0.411 e. The molecule has 0 aromatic carbocycles. The first-order valence-corrected chi connectivity index (χ1v) is 4.13. The second-order valence-electron chi connectivity index (χ2n) is 2.66. The van der Waals surface area contributed by atoms with Crippen LogP contribution >= 0.6 is 11.6 Å². The van der Waals surface area contributed by atoms with Crippen LogP contribution in [0, 0.1) is 0 Å². The van der Waals surface area contributed by atoms with Gasteiger partial charge in [-0.2, -0.15) is 0 Å². The number of halogens is 1. The van der Waals surface area contributed by atoms with Gasteiger partial charge in [0.2, 0.25) is 0 Å². The lowest BCUT2D eigenvalue weighted by molar-refractivity contribution is 0.316. The molecule has 1 aliphatic rings.